The van der Waals surface area contributed by atoms with Gasteiger partial charge in [0.2, 0.25) is 5.89 Å². The van der Waals surface area contributed by atoms with Crippen LogP contribution in [0.15, 0.2) is 9.52 Å². The summed E-state index contributed by atoms with van der Waals surface area (Å²) in [6.45, 7) is 9.64. The number of hydrogen-bond acceptors (Lipinski definition) is 5. The summed E-state index contributed by atoms with van der Waals surface area (Å²) in [6.07, 6.45) is 8.39. The Morgan fingerprint density at radius 1 is 1.12 bits per heavy atom. The average Bonchev–Trinajstić information content (AvgIpc) is 2.96. The first kappa shape index (κ1) is 20.7. The SMILES string of the molecule is CN=C(NCCCc1nc(C(C)C)no1)NCCCN1CCCCCC1. The molecule has 0 bridgehead atoms. The average molecular weight is 365 g/mol. The van der Waals surface area contributed by atoms with Crippen molar-refractivity contribution in [2.24, 2.45) is 4.99 Å². The van der Waals surface area contributed by atoms with E-state index in [4.69, 9.17) is 4.52 Å². The Bertz CT molecular complexity index is 520. The Balaban J connectivity index is 1.54. The van der Waals surface area contributed by atoms with E-state index in [1.54, 1.807) is 0 Å². The summed E-state index contributed by atoms with van der Waals surface area (Å²) in [4.78, 5) is 11.3. The number of nitrogens with one attached hydrogen (secondary N) is 2. The van der Waals surface area contributed by atoms with E-state index in [0.29, 0.717) is 5.92 Å². The maximum absolute atomic E-state index is 5.27. The highest BCUT2D eigenvalue weighted by Crippen LogP contribution is 2.10. The van der Waals surface area contributed by atoms with Crippen molar-refractivity contribution < 1.29 is 4.52 Å². The first-order chi connectivity index (χ1) is 12.7. The lowest BCUT2D eigenvalue weighted by molar-refractivity contribution is 0.282. The minimum absolute atomic E-state index is 0.308. The van der Waals surface area contributed by atoms with Gasteiger partial charge in [-0.3, -0.25) is 4.99 Å². The topological polar surface area (TPSA) is 78.6 Å². The van der Waals surface area contributed by atoms with Gasteiger partial charge in [-0.05, 0) is 45.3 Å². The van der Waals surface area contributed by atoms with Gasteiger partial charge in [0.05, 0.1) is 0 Å². The monoisotopic (exact) mass is 364 g/mol. The zero-order valence-electron chi connectivity index (χ0n) is 16.8. The van der Waals surface area contributed by atoms with E-state index in [2.05, 4.69) is 44.5 Å². The molecule has 7 nitrogen and oxygen atoms in total. The van der Waals surface area contributed by atoms with Gasteiger partial charge in [-0.25, -0.2) is 0 Å². The largest absolute Gasteiger partial charge is 0.356 e. The molecule has 1 aliphatic rings. The second-order valence-corrected chi connectivity index (χ2v) is 7.34. The third-order valence-corrected chi connectivity index (χ3v) is 4.73. The van der Waals surface area contributed by atoms with E-state index in [-0.39, 0.29) is 0 Å². The first-order valence-corrected chi connectivity index (χ1v) is 10.2. The van der Waals surface area contributed by atoms with Crippen LogP contribution in [0.25, 0.3) is 0 Å². The summed E-state index contributed by atoms with van der Waals surface area (Å²) in [6, 6.07) is 0. The second-order valence-electron chi connectivity index (χ2n) is 7.34. The number of hydrogen-bond donors (Lipinski definition) is 2. The van der Waals surface area contributed by atoms with Gasteiger partial charge >= 0.3 is 0 Å². The molecule has 0 amide bonds. The highest BCUT2D eigenvalue weighted by molar-refractivity contribution is 5.79. The molecule has 148 valence electrons. The number of aromatic nitrogens is 2. The van der Waals surface area contributed by atoms with Crippen LogP contribution in [0.1, 0.15) is 70.0 Å². The molecule has 1 saturated heterocycles. The molecule has 1 aromatic heterocycles. The lowest BCUT2D eigenvalue weighted by atomic mass is 10.2. The summed E-state index contributed by atoms with van der Waals surface area (Å²) >= 11 is 0. The van der Waals surface area contributed by atoms with Gasteiger partial charge in [0.25, 0.3) is 0 Å². The summed E-state index contributed by atoms with van der Waals surface area (Å²) < 4.78 is 5.27. The molecule has 2 rings (SSSR count). The van der Waals surface area contributed by atoms with Crippen molar-refractivity contribution >= 4 is 5.96 Å². The molecule has 0 aliphatic carbocycles. The van der Waals surface area contributed by atoms with Gasteiger partial charge < -0.3 is 20.1 Å². The maximum atomic E-state index is 5.27. The Morgan fingerprint density at radius 2 is 1.81 bits per heavy atom. The Hall–Kier alpha value is -1.63. The molecular formula is C19H36N6O. The standard InChI is InChI=1S/C19H36N6O/c1-16(2)18-23-17(26-24-18)10-8-11-21-19(20-3)22-12-9-15-25-13-6-4-5-7-14-25/h16H,4-15H2,1-3H3,(H2,20,21,22). The van der Waals surface area contributed by atoms with E-state index in [0.717, 1.165) is 50.0 Å². The summed E-state index contributed by atoms with van der Waals surface area (Å²) in [5, 5.41) is 10.7. The molecule has 7 heteroatoms. The smallest absolute Gasteiger partial charge is 0.226 e. The van der Waals surface area contributed by atoms with Crippen molar-refractivity contribution in [3.8, 4) is 0 Å². The van der Waals surface area contributed by atoms with Gasteiger partial charge in [-0.2, -0.15) is 4.98 Å². The third kappa shape index (κ3) is 7.72. The molecular weight excluding hydrogens is 328 g/mol. The number of likely N-dealkylation sites (tertiary alicyclic amines) is 1. The Morgan fingerprint density at radius 3 is 2.42 bits per heavy atom. The molecule has 0 aromatic carbocycles. The minimum atomic E-state index is 0.308. The van der Waals surface area contributed by atoms with Crippen LogP contribution >= 0.6 is 0 Å². The van der Waals surface area contributed by atoms with E-state index >= 15 is 0 Å². The van der Waals surface area contributed by atoms with Crippen LogP contribution in [-0.4, -0.2) is 60.8 Å². The predicted octanol–water partition coefficient (Wildman–Crippen LogP) is 2.56. The van der Waals surface area contributed by atoms with E-state index in [9.17, 15) is 0 Å². The van der Waals surface area contributed by atoms with Crippen molar-refractivity contribution in [1.82, 2.24) is 25.7 Å². The zero-order valence-corrected chi connectivity index (χ0v) is 16.8. The van der Waals surface area contributed by atoms with Crippen LogP contribution in [0.2, 0.25) is 0 Å². The lowest BCUT2D eigenvalue weighted by Crippen LogP contribution is -2.39. The zero-order chi connectivity index (χ0) is 18.6. The first-order valence-electron chi connectivity index (χ1n) is 10.2. The molecule has 1 aromatic rings. The molecule has 0 spiro atoms. The fraction of sp³-hybridized carbons (Fsp3) is 0.842. The fourth-order valence-corrected chi connectivity index (χ4v) is 3.14. The molecule has 2 N–H and O–H groups in total. The van der Waals surface area contributed by atoms with E-state index < -0.39 is 0 Å². The Kier molecular flexibility index (Phi) is 9.45. The molecule has 0 atom stereocenters. The van der Waals surface area contributed by atoms with E-state index in [1.807, 2.05) is 7.05 Å². The second kappa shape index (κ2) is 11.9. The number of nitrogens with zero attached hydrogens (tertiary/aromatic N) is 4. The normalized spacial score (nSPS) is 16.7. The number of guanidine groups is 1. The van der Waals surface area contributed by atoms with Crippen molar-refractivity contribution in [1.29, 1.82) is 0 Å². The van der Waals surface area contributed by atoms with Crippen LogP contribution < -0.4 is 10.6 Å². The highest BCUT2D eigenvalue weighted by atomic mass is 16.5. The molecule has 0 saturated carbocycles. The van der Waals surface area contributed by atoms with Crippen molar-refractivity contribution in [2.75, 3.05) is 39.8 Å². The predicted molar refractivity (Wildman–Crippen MR) is 106 cm³/mol. The van der Waals surface area contributed by atoms with Gasteiger partial charge in [0.15, 0.2) is 11.8 Å². The van der Waals surface area contributed by atoms with Crippen LogP contribution in [0.4, 0.5) is 0 Å². The van der Waals surface area contributed by atoms with Gasteiger partial charge in [0.1, 0.15) is 0 Å². The van der Waals surface area contributed by atoms with Crippen molar-refractivity contribution in [2.45, 2.75) is 64.7 Å². The van der Waals surface area contributed by atoms with Crippen molar-refractivity contribution in [3.63, 3.8) is 0 Å². The molecule has 2 heterocycles. The Labute approximate surface area is 158 Å². The third-order valence-electron chi connectivity index (χ3n) is 4.73. The number of aliphatic imine (C=N–C) groups is 1. The summed E-state index contributed by atoms with van der Waals surface area (Å²) in [7, 11) is 1.82. The van der Waals surface area contributed by atoms with E-state index in [1.165, 1.54) is 45.3 Å². The number of aryl methyl sites for hydroxylation is 1. The summed E-state index contributed by atoms with van der Waals surface area (Å²) in [5.74, 6) is 2.68. The van der Waals surface area contributed by atoms with Gasteiger partial charge in [-0.15, -0.1) is 0 Å². The maximum Gasteiger partial charge on any atom is 0.226 e. The molecule has 0 unspecified atom stereocenters. The molecule has 1 fully saturated rings. The molecule has 0 radical (unpaired) electrons. The lowest BCUT2D eigenvalue weighted by Gasteiger charge is -2.20. The van der Waals surface area contributed by atoms with Crippen LogP contribution in [0, 0.1) is 0 Å². The quantitative estimate of drug-likeness (QED) is 0.398. The highest BCUT2D eigenvalue weighted by Gasteiger charge is 2.10. The molecule has 1 aliphatic heterocycles. The van der Waals surface area contributed by atoms with Crippen LogP contribution in [0.5, 0.6) is 0 Å². The van der Waals surface area contributed by atoms with Gasteiger partial charge in [-0.1, -0.05) is 31.8 Å². The fourth-order valence-electron chi connectivity index (χ4n) is 3.14. The van der Waals surface area contributed by atoms with Crippen molar-refractivity contribution in [3.05, 3.63) is 11.7 Å². The van der Waals surface area contributed by atoms with Crippen LogP contribution in [-0.2, 0) is 6.42 Å². The summed E-state index contributed by atoms with van der Waals surface area (Å²) in [5.41, 5.74) is 0. The minimum Gasteiger partial charge on any atom is -0.356 e. The van der Waals surface area contributed by atoms with Gasteiger partial charge in [0, 0.05) is 32.5 Å². The number of rotatable bonds is 9. The molecule has 26 heavy (non-hydrogen) atoms. The van der Waals surface area contributed by atoms with Crippen LogP contribution in [0.3, 0.4) is 0 Å².